The lowest BCUT2D eigenvalue weighted by Gasteiger charge is -2.32. The first-order valence-electron chi connectivity index (χ1n) is 6.60. The fourth-order valence-electron chi connectivity index (χ4n) is 2.67. The summed E-state index contributed by atoms with van der Waals surface area (Å²) in [4.78, 5) is 6.53. The van der Waals surface area contributed by atoms with Crippen LogP contribution < -0.4 is 5.73 Å². The molecule has 2 heterocycles. The molecule has 0 aliphatic carbocycles. The highest BCUT2D eigenvalue weighted by Crippen LogP contribution is 2.21. The van der Waals surface area contributed by atoms with Crippen molar-refractivity contribution in [2.24, 2.45) is 11.7 Å². The number of pyridine rings is 1. The summed E-state index contributed by atoms with van der Waals surface area (Å²) in [6, 6.07) is 6.06. The predicted molar refractivity (Wildman–Crippen MR) is 70.6 cm³/mol. The number of aromatic nitrogens is 1. The summed E-state index contributed by atoms with van der Waals surface area (Å²) < 4.78 is 0. The first kappa shape index (κ1) is 13.0. The zero-order chi connectivity index (χ0) is 12.8. The van der Waals surface area contributed by atoms with Gasteiger partial charge >= 0.3 is 0 Å². The van der Waals surface area contributed by atoms with Gasteiger partial charge in [-0.3, -0.25) is 4.90 Å². The van der Waals surface area contributed by atoms with Crippen LogP contribution in [-0.2, 0) is 6.54 Å². The molecule has 0 amide bonds. The SMILES string of the molecule is N#Cc1ncccc1CN1CCCC(CCN)C1. The van der Waals surface area contributed by atoms with Gasteiger partial charge in [0, 0.05) is 24.8 Å². The minimum Gasteiger partial charge on any atom is -0.330 e. The van der Waals surface area contributed by atoms with E-state index < -0.39 is 0 Å². The van der Waals surface area contributed by atoms with Crippen LogP contribution in [0.4, 0.5) is 0 Å². The predicted octanol–water partition coefficient (Wildman–Crippen LogP) is 1.51. The minimum atomic E-state index is 0.554. The van der Waals surface area contributed by atoms with Crippen molar-refractivity contribution in [2.75, 3.05) is 19.6 Å². The van der Waals surface area contributed by atoms with Gasteiger partial charge in [0.05, 0.1) is 0 Å². The molecule has 0 aromatic carbocycles. The van der Waals surface area contributed by atoms with Gasteiger partial charge in [-0.15, -0.1) is 0 Å². The molecule has 2 N–H and O–H groups in total. The van der Waals surface area contributed by atoms with Gasteiger partial charge in [-0.05, 0) is 44.3 Å². The maximum absolute atomic E-state index is 9.04. The molecule has 0 spiro atoms. The molecule has 2 rings (SSSR count). The number of nitrogens with two attached hydrogens (primary N) is 1. The van der Waals surface area contributed by atoms with Gasteiger partial charge in [0.15, 0.2) is 0 Å². The van der Waals surface area contributed by atoms with Crippen molar-refractivity contribution >= 4 is 0 Å². The third-order valence-electron chi connectivity index (χ3n) is 3.57. The normalized spacial score (nSPS) is 20.6. The molecule has 4 heteroatoms. The quantitative estimate of drug-likeness (QED) is 0.872. The van der Waals surface area contributed by atoms with Crippen LogP contribution in [0.1, 0.15) is 30.5 Å². The van der Waals surface area contributed by atoms with Crippen molar-refractivity contribution in [1.82, 2.24) is 9.88 Å². The molecule has 1 aromatic heterocycles. The molecule has 0 saturated carbocycles. The first-order chi connectivity index (χ1) is 8.83. The molecule has 1 aromatic rings. The summed E-state index contributed by atoms with van der Waals surface area (Å²) in [7, 11) is 0. The van der Waals surface area contributed by atoms with E-state index in [-0.39, 0.29) is 0 Å². The average Bonchev–Trinajstić information content (AvgIpc) is 2.40. The van der Waals surface area contributed by atoms with Crippen LogP contribution in [0.2, 0.25) is 0 Å². The van der Waals surface area contributed by atoms with Crippen LogP contribution in [0.15, 0.2) is 18.3 Å². The summed E-state index contributed by atoms with van der Waals surface area (Å²) in [6.45, 7) is 3.81. The van der Waals surface area contributed by atoms with Crippen molar-refractivity contribution in [3.8, 4) is 6.07 Å². The molecule has 1 aliphatic rings. The summed E-state index contributed by atoms with van der Waals surface area (Å²) >= 11 is 0. The van der Waals surface area contributed by atoms with E-state index in [0.717, 1.165) is 38.2 Å². The van der Waals surface area contributed by atoms with E-state index >= 15 is 0 Å². The Morgan fingerprint density at radius 1 is 1.56 bits per heavy atom. The Bertz CT molecular complexity index is 422. The largest absolute Gasteiger partial charge is 0.330 e. The zero-order valence-corrected chi connectivity index (χ0v) is 10.7. The van der Waals surface area contributed by atoms with Gasteiger partial charge in [0.25, 0.3) is 0 Å². The summed E-state index contributed by atoms with van der Waals surface area (Å²) in [5, 5.41) is 9.04. The van der Waals surface area contributed by atoms with Crippen molar-refractivity contribution < 1.29 is 0 Å². The summed E-state index contributed by atoms with van der Waals surface area (Å²) in [5.74, 6) is 0.714. The smallest absolute Gasteiger partial charge is 0.144 e. The van der Waals surface area contributed by atoms with E-state index in [2.05, 4.69) is 16.0 Å². The highest BCUT2D eigenvalue weighted by atomic mass is 15.1. The fourth-order valence-corrected chi connectivity index (χ4v) is 2.67. The molecule has 18 heavy (non-hydrogen) atoms. The van der Waals surface area contributed by atoms with Gasteiger partial charge in [-0.2, -0.15) is 5.26 Å². The second-order valence-electron chi connectivity index (χ2n) is 4.94. The molecular formula is C14H20N4. The minimum absolute atomic E-state index is 0.554. The van der Waals surface area contributed by atoms with Gasteiger partial charge < -0.3 is 5.73 Å². The third kappa shape index (κ3) is 3.28. The number of rotatable bonds is 4. The molecule has 0 bridgehead atoms. The Morgan fingerprint density at radius 3 is 3.22 bits per heavy atom. The number of hydrogen-bond donors (Lipinski definition) is 1. The first-order valence-corrected chi connectivity index (χ1v) is 6.60. The Balaban J connectivity index is 1.98. The van der Waals surface area contributed by atoms with Crippen molar-refractivity contribution in [1.29, 1.82) is 5.26 Å². The van der Waals surface area contributed by atoms with Crippen LogP contribution >= 0.6 is 0 Å². The lowest BCUT2D eigenvalue weighted by atomic mass is 9.94. The zero-order valence-electron chi connectivity index (χ0n) is 10.7. The molecule has 1 aliphatic heterocycles. The van der Waals surface area contributed by atoms with E-state index in [1.165, 1.54) is 12.8 Å². The van der Waals surface area contributed by atoms with Gasteiger partial charge in [-0.25, -0.2) is 4.98 Å². The highest BCUT2D eigenvalue weighted by molar-refractivity contribution is 5.30. The van der Waals surface area contributed by atoms with Crippen LogP contribution in [0.25, 0.3) is 0 Å². The second-order valence-corrected chi connectivity index (χ2v) is 4.94. The standard InChI is InChI=1S/C14H20N4/c15-6-5-12-3-2-8-18(10-12)11-13-4-1-7-17-14(13)9-16/h1,4,7,12H,2-3,5-6,8,10-11,15H2. The monoisotopic (exact) mass is 244 g/mol. The number of nitriles is 1. The Labute approximate surface area is 108 Å². The molecule has 0 radical (unpaired) electrons. The Kier molecular flexibility index (Phi) is 4.68. The molecular weight excluding hydrogens is 224 g/mol. The van der Waals surface area contributed by atoms with Crippen LogP contribution in [0, 0.1) is 17.2 Å². The van der Waals surface area contributed by atoms with Gasteiger partial charge in [0.1, 0.15) is 11.8 Å². The maximum Gasteiger partial charge on any atom is 0.144 e. The molecule has 96 valence electrons. The topological polar surface area (TPSA) is 65.9 Å². The van der Waals surface area contributed by atoms with Crippen LogP contribution in [0.3, 0.4) is 0 Å². The van der Waals surface area contributed by atoms with E-state index in [0.29, 0.717) is 11.6 Å². The fraction of sp³-hybridized carbons (Fsp3) is 0.571. The molecule has 4 nitrogen and oxygen atoms in total. The molecule has 1 unspecified atom stereocenters. The highest BCUT2D eigenvalue weighted by Gasteiger charge is 2.20. The van der Waals surface area contributed by atoms with Gasteiger partial charge in [0.2, 0.25) is 0 Å². The number of nitrogens with zero attached hydrogens (tertiary/aromatic N) is 3. The molecule has 1 atom stereocenters. The van der Waals surface area contributed by atoms with Crippen molar-refractivity contribution in [3.05, 3.63) is 29.6 Å². The lowest BCUT2D eigenvalue weighted by Crippen LogP contribution is -2.35. The number of piperidine rings is 1. The second kappa shape index (κ2) is 6.48. The Morgan fingerprint density at radius 2 is 2.44 bits per heavy atom. The third-order valence-corrected chi connectivity index (χ3v) is 3.57. The van der Waals surface area contributed by atoms with Crippen LogP contribution in [0.5, 0.6) is 0 Å². The van der Waals surface area contributed by atoms with E-state index in [9.17, 15) is 0 Å². The molecule has 1 fully saturated rings. The van der Waals surface area contributed by atoms with Crippen LogP contribution in [-0.4, -0.2) is 29.5 Å². The summed E-state index contributed by atoms with van der Waals surface area (Å²) in [5.41, 5.74) is 7.22. The average molecular weight is 244 g/mol. The van der Waals surface area contributed by atoms with E-state index in [1.807, 2.05) is 12.1 Å². The summed E-state index contributed by atoms with van der Waals surface area (Å²) in [6.07, 6.45) is 5.29. The van der Waals surface area contributed by atoms with E-state index in [1.54, 1.807) is 6.20 Å². The van der Waals surface area contributed by atoms with Gasteiger partial charge in [-0.1, -0.05) is 6.07 Å². The maximum atomic E-state index is 9.04. The number of hydrogen-bond acceptors (Lipinski definition) is 4. The van der Waals surface area contributed by atoms with Crippen molar-refractivity contribution in [2.45, 2.75) is 25.8 Å². The van der Waals surface area contributed by atoms with E-state index in [4.69, 9.17) is 11.0 Å². The molecule has 1 saturated heterocycles. The Hall–Kier alpha value is -1.44. The number of likely N-dealkylation sites (tertiary alicyclic amines) is 1. The van der Waals surface area contributed by atoms with Crippen molar-refractivity contribution in [3.63, 3.8) is 0 Å². The lowest BCUT2D eigenvalue weighted by molar-refractivity contribution is 0.163.